The Kier molecular flexibility index (Phi) is 4.93. The molecule has 1 aromatic heterocycles. The van der Waals surface area contributed by atoms with E-state index in [0.717, 1.165) is 21.9 Å². The van der Waals surface area contributed by atoms with Crippen molar-refractivity contribution in [3.63, 3.8) is 0 Å². The number of aryl methyl sites for hydroxylation is 1. The Morgan fingerprint density at radius 3 is 2.18 bits per heavy atom. The molecule has 7 heteroatoms. The first kappa shape index (κ1) is 19.9. The highest BCUT2D eigenvalue weighted by Gasteiger charge is 2.37. The zero-order chi connectivity index (χ0) is 20.8. The topological polar surface area (TPSA) is 71.4 Å². The quantitative estimate of drug-likeness (QED) is 0.608. The van der Waals surface area contributed by atoms with Gasteiger partial charge in [-0.1, -0.05) is 11.6 Å². The van der Waals surface area contributed by atoms with Crippen molar-refractivity contribution in [3.8, 4) is 0 Å². The van der Waals surface area contributed by atoms with Crippen molar-refractivity contribution in [1.82, 2.24) is 9.88 Å². The van der Waals surface area contributed by atoms with E-state index in [1.54, 1.807) is 24.3 Å². The van der Waals surface area contributed by atoms with E-state index < -0.39 is 17.8 Å². The van der Waals surface area contributed by atoms with Gasteiger partial charge >= 0.3 is 6.03 Å². The van der Waals surface area contributed by atoms with Gasteiger partial charge in [-0.25, -0.2) is 9.69 Å². The molecule has 0 bridgehead atoms. The highest BCUT2D eigenvalue weighted by atomic mass is 35.5. The molecule has 1 N–H and O–H groups in total. The van der Waals surface area contributed by atoms with E-state index >= 15 is 0 Å². The van der Waals surface area contributed by atoms with Crippen LogP contribution in [0.4, 0.5) is 10.5 Å². The fourth-order valence-corrected chi connectivity index (χ4v) is 3.73. The lowest BCUT2D eigenvalue weighted by atomic mass is 10.1. The summed E-state index contributed by atoms with van der Waals surface area (Å²) in [6, 6.07) is 7.41. The highest BCUT2D eigenvalue weighted by Crippen LogP contribution is 2.28. The molecule has 6 nitrogen and oxygen atoms in total. The van der Waals surface area contributed by atoms with Gasteiger partial charge in [0.25, 0.3) is 11.8 Å². The van der Waals surface area contributed by atoms with Crippen LogP contribution in [-0.4, -0.2) is 22.4 Å². The van der Waals surface area contributed by atoms with Crippen molar-refractivity contribution in [3.05, 3.63) is 57.9 Å². The average Bonchev–Trinajstić information content (AvgIpc) is 2.86. The van der Waals surface area contributed by atoms with Crippen LogP contribution in [-0.2, 0) is 15.1 Å². The van der Waals surface area contributed by atoms with Crippen molar-refractivity contribution >= 4 is 41.2 Å². The van der Waals surface area contributed by atoms with E-state index in [0.29, 0.717) is 10.7 Å². The normalized spacial score (nSPS) is 16.7. The van der Waals surface area contributed by atoms with Crippen molar-refractivity contribution in [2.24, 2.45) is 0 Å². The lowest BCUT2D eigenvalue weighted by Crippen LogP contribution is -2.54. The van der Waals surface area contributed by atoms with E-state index in [4.69, 9.17) is 11.6 Å². The van der Waals surface area contributed by atoms with E-state index in [1.165, 1.54) is 6.08 Å². The predicted molar refractivity (Wildman–Crippen MR) is 109 cm³/mol. The average molecular weight is 400 g/mol. The minimum Gasteiger partial charge on any atom is -0.343 e. The molecular formula is C21H22ClN3O3. The van der Waals surface area contributed by atoms with Crippen LogP contribution < -0.4 is 10.2 Å². The fraction of sp³-hybridized carbons (Fsp3) is 0.286. The Hall–Kier alpha value is -2.86. The van der Waals surface area contributed by atoms with Gasteiger partial charge in [-0.2, -0.15) is 0 Å². The molecule has 2 aromatic rings. The van der Waals surface area contributed by atoms with Gasteiger partial charge in [-0.15, -0.1) is 0 Å². The fourth-order valence-electron chi connectivity index (χ4n) is 3.60. The van der Waals surface area contributed by atoms with Gasteiger partial charge in [0.1, 0.15) is 5.57 Å². The minimum absolute atomic E-state index is 0.0938. The summed E-state index contributed by atoms with van der Waals surface area (Å²) in [5, 5.41) is 2.72. The molecule has 0 radical (unpaired) electrons. The van der Waals surface area contributed by atoms with Gasteiger partial charge in [0.05, 0.1) is 5.69 Å². The van der Waals surface area contributed by atoms with Crippen molar-refractivity contribution < 1.29 is 14.4 Å². The zero-order valence-electron chi connectivity index (χ0n) is 16.5. The first-order valence-corrected chi connectivity index (χ1v) is 9.25. The number of imide groups is 2. The molecule has 4 amide bonds. The molecule has 1 aliphatic heterocycles. The van der Waals surface area contributed by atoms with Crippen LogP contribution in [0.3, 0.4) is 0 Å². The second kappa shape index (κ2) is 6.95. The summed E-state index contributed by atoms with van der Waals surface area (Å²) >= 11 is 5.88. The number of anilines is 1. The van der Waals surface area contributed by atoms with E-state index in [1.807, 2.05) is 19.9 Å². The summed E-state index contributed by atoms with van der Waals surface area (Å²) in [5.74, 6) is -1.38. The second-order valence-electron chi connectivity index (χ2n) is 7.77. The number of nitrogens with one attached hydrogen (secondary N) is 1. The maximum atomic E-state index is 13.0. The number of hydrogen-bond acceptors (Lipinski definition) is 3. The van der Waals surface area contributed by atoms with Crippen molar-refractivity contribution in [2.75, 3.05) is 4.90 Å². The predicted octanol–water partition coefficient (Wildman–Crippen LogP) is 4.18. The van der Waals surface area contributed by atoms with Crippen LogP contribution in [0.1, 0.15) is 37.7 Å². The maximum absolute atomic E-state index is 13.0. The molecule has 146 valence electrons. The highest BCUT2D eigenvalue weighted by molar-refractivity contribution is 6.39. The summed E-state index contributed by atoms with van der Waals surface area (Å²) < 4.78 is 2.15. The number of benzene rings is 1. The van der Waals surface area contributed by atoms with Crippen molar-refractivity contribution in [1.29, 1.82) is 0 Å². The molecule has 0 atom stereocenters. The third-order valence-corrected chi connectivity index (χ3v) is 4.88. The van der Waals surface area contributed by atoms with Gasteiger partial charge in [-0.05, 0) is 76.6 Å². The minimum atomic E-state index is -0.783. The first-order valence-electron chi connectivity index (χ1n) is 8.87. The van der Waals surface area contributed by atoms with Gasteiger partial charge < -0.3 is 4.57 Å². The van der Waals surface area contributed by atoms with E-state index in [9.17, 15) is 14.4 Å². The lowest BCUT2D eigenvalue weighted by molar-refractivity contribution is -0.122. The van der Waals surface area contributed by atoms with Crippen LogP contribution in [0.25, 0.3) is 6.08 Å². The Balaban J connectivity index is 2.06. The number of hydrogen-bond donors (Lipinski definition) is 1. The molecule has 0 unspecified atom stereocenters. The maximum Gasteiger partial charge on any atom is 0.335 e. The first-order chi connectivity index (χ1) is 13.0. The van der Waals surface area contributed by atoms with Gasteiger partial charge in [0.15, 0.2) is 0 Å². The van der Waals surface area contributed by atoms with Gasteiger partial charge in [-0.3, -0.25) is 14.9 Å². The third kappa shape index (κ3) is 3.47. The van der Waals surface area contributed by atoms with Crippen LogP contribution in [0, 0.1) is 13.8 Å². The zero-order valence-corrected chi connectivity index (χ0v) is 17.2. The molecule has 0 spiro atoms. The molecule has 1 saturated heterocycles. The van der Waals surface area contributed by atoms with Crippen molar-refractivity contribution in [2.45, 2.75) is 40.2 Å². The monoisotopic (exact) mass is 399 g/mol. The summed E-state index contributed by atoms with van der Waals surface area (Å²) in [6.07, 6.45) is 1.54. The Bertz CT molecular complexity index is 1010. The summed E-state index contributed by atoms with van der Waals surface area (Å²) in [4.78, 5) is 38.5. The Morgan fingerprint density at radius 2 is 1.64 bits per heavy atom. The summed E-state index contributed by atoms with van der Waals surface area (Å²) in [5.41, 5.74) is 2.82. The van der Waals surface area contributed by atoms with Gasteiger partial charge in [0.2, 0.25) is 0 Å². The number of barbiturate groups is 1. The van der Waals surface area contributed by atoms with E-state index in [-0.39, 0.29) is 11.1 Å². The number of carbonyl (C=O) groups excluding carboxylic acids is 3. The molecule has 2 heterocycles. The third-order valence-electron chi connectivity index (χ3n) is 4.63. The number of amides is 4. The molecule has 1 aliphatic rings. The summed E-state index contributed by atoms with van der Waals surface area (Å²) in [7, 11) is 0. The molecule has 3 rings (SSSR count). The van der Waals surface area contributed by atoms with Gasteiger partial charge in [0, 0.05) is 21.9 Å². The standard InChI is InChI=1S/C21H22ClN3O3/c1-12-10-14(13(2)25(12)21(3,4)5)11-17-18(26)23-20(28)24(19(17)27)16-8-6-15(22)7-9-16/h6-11H,1-5H3,(H,23,26,28)/b17-11+. The number of halogens is 1. The number of rotatable bonds is 2. The Labute approximate surface area is 168 Å². The number of urea groups is 1. The van der Waals surface area contributed by atoms with Crippen LogP contribution in [0.5, 0.6) is 0 Å². The molecule has 1 fully saturated rings. The SMILES string of the molecule is Cc1cc(/C=C2\C(=O)NC(=O)N(c3ccc(Cl)cc3)C2=O)c(C)n1C(C)(C)C. The molecule has 1 aromatic carbocycles. The smallest absolute Gasteiger partial charge is 0.335 e. The van der Waals surface area contributed by atoms with Crippen LogP contribution in [0.2, 0.25) is 5.02 Å². The number of carbonyl (C=O) groups is 3. The lowest BCUT2D eigenvalue weighted by Gasteiger charge is -2.27. The molecule has 0 aliphatic carbocycles. The molecular weight excluding hydrogens is 378 g/mol. The number of nitrogens with zero attached hydrogens (tertiary/aromatic N) is 2. The summed E-state index contributed by atoms with van der Waals surface area (Å²) in [6.45, 7) is 10.2. The molecule has 0 saturated carbocycles. The van der Waals surface area contributed by atoms with Crippen LogP contribution in [0.15, 0.2) is 35.9 Å². The second-order valence-corrected chi connectivity index (χ2v) is 8.20. The Morgan fingerprint density at radius 1 is 1.04 bits per heavy atom. The van der Waals surface area contributed by atoms with E-state index in [2.05, 4.69) is 30.7 Å². The number of aromatic nitrogens is 1. The molecule has 28 heavy (non-hydrogen) atoms. The largest absolute Gasteiger partial charge is 0.343 e. The van der Waals surface area contributed by atoms with Crippen LogP contribution >= 0.6 is 11.6 Å².